The van der Waals surface area contributed by atoms with Crippen LogP contribution in [0.3, 0.4) is 0 Å². The third-order valence-corrected chi connectivity index (χ3v) is 2.06. The maximum atomic E-state index is 5.33. The highest BCUT2D eigenvalue weighted by Crippen LogP contribution is 2.07. The quantitative estimate of drug-likeness (QED) is 0.730. The lowest BCUT2D eigenvalue weighted by atomic mass is 10.2. The smallest absolute Gasteiger partial charge is 0.115 e. The average Bonchev–Trinajstić information content (AvgIpc) is 2.29. The molecule has 4 nitrogen and oxygen atoms in total. The van der Waals surface area contributed by atoms with Crippen LogP contribution in [-0.2, 0) is 4.74 Å². The number of aromatic nitrogens is 2. The van der Waals surface area contributed by atoms with Gasteiger partial charge in [0.1, 0.15) is 6.33 Å². The number of rotatable bonds is 3. The van der Waals surface area contributed by atoms with Crippen LogP contribution in [0.2, 0.25) is 0 Å². The van der Waals surface area contributed by atoms with Crippen LogP contribution in [0.4, 0.5) is 5.69 Å². The standard InChI is InChI=1S/C10H13N3O/c1-2-9(7-14-3-1)4-13-10-5-11-8-12-6-10/h2,5-6,8,13H,1,3-4,7H2. The van der Waals surface area contributed by atoms with E-state index in [0.29, 0.717) is 0 Å². The molecule has 0 amide bonds. The molecule has 74 valence electrons. The topological polar surface area (TPSA) is 47.0 Å². The summed E-state index contributed by atoms with van der Waals surface area (Å²) >= 11 is 0. The van der Waals surface area contributed by atoms with Gasteiger partial charge in [0.05, 0.1) is 31.3 Å². The van der Waals surface area contributed by atoms with E-state index in [1.54, 1.807) is 12.4 Å². The Hall–Kier alpha value is -1.42. The van der Waals surface area contributed by atoms with Crippen molar-refractivity contribution in [1.29, 1.82) is 0 Å². The molecule has 0 aromatic carbocycles. The minimum absolute atomic E-state index is 0.737. The number of ether oxygens (including phenoxy) is 1. The van der Waals surface area contributed by atoms with E-state index in [2.05, 4.69) is 21.4 Å². The van der Waals surface area contributed by atoms with Gasteiger partial charge in [0, 0.05) is 6.54 Å². The van der Waals surface area contributed by atoms with Crippen molar-refractivity contribution in [3.05, 3.63) is 30.4 Å². The summed E-state index contributed by atoms with van der Waals surface area (Å²) in [5, 5.41) is 3.24. The Labute approximate surface area is 83.0 Å². The molecule has 0 saturated heterocycles. The van der Waals surface area contributed by atoms with Crippen molar-refractivity contribution in [2.45, 2.75) is 6.42 Å². The van der Waals surface area contributed by atoms with Crippen LogP contribution in [0.5, 0.6) is 0 Å². The summed E-state index contributed by atoms with van der Waals surface area (Å²) in [6.45, 7) is 2.39. The van der Waals surface area contributed by atoms with Crippen LogP contribution in [0.1, 0.15) is 6.42 Å². The molecule has 14 heavy (non-hydrogen) atoms. The number of hydrogen-bond acceptors (Lipinski definition) is 4. The molecule has 2 heterocycles. The van der Waals surface area contributed by atoms with Gasteiger partial charge >= 0.3 is 0 Å². The molecule has 0 unspecified atom stereocenters. The number of nitrogens with zero attached hydrogens (tertiary/aromatic N) is 2. The van der Waals surface area contributed by atoms with E-state index >= 15 is 0 Å². The second-order valence-electron chi connectivity index (χ2n) is 3.18. The fourth-order valence-corrected chi connectivity index (χ4v) is 1.34. The maximum absolute atomic E-state index is 5.33. The van der Waals surface area contributed by atoms with E-state index in [1.807, 2.05) is 0 Å². The first-order valence-electron chi connectivity index (χ1n) is 4.70. The Bertz CT molecular complexity index is 310. The maximum Gasteiger partial charge on any atom is 0.115 e. The van der Waals surface area contributed by atoms with Crippen molar-refractivity contribution < 1.29 is 4.74 Å². The summed E-state index contributed by atoms with van der Waals surface area (Å²) < 4.78 is 5.33. The fourth-order valence-electron chi connectivity index (χ4n) is 1.34. The fraction of sp³-hybridized carbons (Fsp3) is 0.400. The zero-order chi connectivity index (χ0) is 9.64. The molecule has 0 saturated carbocycles. The zero-order valence-electron chi connectivity index (χ0n) is 7.94. The molecule has 1 aromatic heterocycles. The van der Waals surface area contributed by atoms with Crippen molar-refractivity contribution in [3.8, 4) is 0 Å². The van der Waals surface area contributed by atoms with Gasteiger partial charge in [-0.1, -0.05) is 6.08 Å². The summed E-state index contributed by atoms with van der Waals surface area (Å²) in [5.74, 6) is 0. The average molecular weight is 191 g/mol. The predicted molar refractivity (Wildman–Crippen MR) is 54.0 cm³/mol. The Balaban J connectivity index is 1.85. The Morgan fingerprint density at radius 2 is 2.21 bits per heavy atom. The van der Waals surface area contributed by atoms with Gasteiger partial charge in [-0.2, -0.15) is 0 Å². The van der Waals surface area contributed by atoms with Crippen LogP contribution in [-0.4, -0.2) is 29.7 Å². The van der Waals surface area contributed by atoms with Crippen molar-refractivity contribution >= 4 is 5.69 Å². The molecule has 0 spiro atoms. The third-order valence-electron chi connectivity index (χ3n) is 2.06. The molecular weight excluding hydrogens is 178 g/mol. The second-order valence-corrected chi connectivity index (χ2v) is 3.18. The molecule has 4 heteroatoms. The zero-order valence-corrected chi connectivity index (χ0v) is 7.94. The SMILES string of the molecule is C1=C(CNc2cncnc2)COCC1. The lowest BCUT2D eigenvalue weighted by molar-refractivity contribution is 0.150. The Morgan fingerprint density at radius 1 is 1.36 bits per heavy atom. The second kappa shape index (κ2) is 4.72. The van der Waals surface area contributed by atoms with Crippen molar-refractivity contribution in [3.63, 3.8) is 0 Å². The Kier molecular flexibility index (Phi) is 3.08. The number of nitrogens with one attached hydrogen (secondary N) is 1. The summed E-state index contributed by atoms with van der Waals surface area (Å²) in [6, 6.07) is 0. The van der Waals surface area contributed by atoms with Gasteiger partial charge in [-0.3, -0.25) is 0 Å². The minimum Gasteiger partial charge on any atom is -0.379 e. The van der Waals surface area contributed by atoms with Gasteiger partial charge in [-0.05, 0) is 12.0 Å². The van der Waals surface area contributed by atoms with E-state index in [0.717, 1.165) is 31.9 Å². The molecular formula is C10H13N3O. The minimum atomic E-state index is 0.737. The van der Waals surface area contributed by atoms with Crippen LogP contribution in [0.15, 0.2) is 30.4 Å². The summed E-state index contributed by atoms with van der Waals surface area (Å²) in [4.78, 5) is 7.85. The molecule has 0 atom stereocenters. The molecule has 0 radical (unpaired) electrons. The molecule has 2 rings (SSSR count). The molecule has 1 N–H and O–H groups in total. The van der Waals surface area contributed by atoms with Gasteiger partial charge < -0.3 is 10.1 Å². The number of anilines is 1. The van der Waals surface area contributed by atoms with Gasteiger partial charge in [-0.15, -0.1) is 0 Å². The molecule has 0 aliphatic carbocycles. The van der Waals surface area contributed by atoms with Crippen LogP contribution in [0, 0.1) is 0 Å². The van der Waals surface area contributed by atoms with E-state index in [1.165, 1.54) is 11.9 Å². The normalized spacial score (nSPS) is 16.1. The summed E-state index contributed by atoms with van der Waals surface area (Å²) in [5.41, 5.74) is 2.24. The summed E-state index contributed by atoms with van der Waals surface area (Å²) in [6.07, 6.45) is 8.28. The molecule has 0 fully saturated rings. The highest BCUT2D eigenvalue weighted by Gasteiger charge is 2.02. The first-order valence-corrected chi connectivity index (χ1v) is 4.70. The highest BCUT2D eigenvalue weighted by molar-refractivity contribution is 5.38. The first kappa shape index (κ1) is 9.15. The van der Waals surface area contributed by atoms with E-state index in [4.69, 9.17) is 4.74 Å². The predicted octanol–water partition coefficient (Wildman–Crippen LogP) is 1.24. The van der Waals surface area contributed by atoms with Crippen LogP contribution < -0.4 is 5.32 Å². The van der Waals surface area contributed by atoms with Crippen molar-refractivity contribution in [1.82, 2.24) is 9.97 Å². The van der Waals surface area contributed by atoms with E-state index in [9.17, 15) is 0 Å². The van der Waals surface area contributed by atoms with Gasteiger partial charge in [0.25, 0.3) is 0 Å². The summed E-state index contributed by atoms with van der Waals surface area (Å²) in [7, 11) is 0. The van der Waals surface area contributed by atoms with Gasteiger partial charge in [0.15, 0.2) is 0 Å². The van der Waals surface area contributed by atoms with Gasteiger partial charge in [-0.25, -0.2) is 9.97 Å². The largest absolute Gasteiger partial charge is 0.379 e. The van der Waals surface area contributed by atoms with E-state index < -0.39 is 0 Å². The third kappa shape index (κ3) is 2.53. The van der Waals surface area contributed by atoms with Crippen LogP contribution >= 0.6 is 0 Å². The van der Waals surface area contributed by atoms with Gasteiger partial charge in [0.2, 0.25) is 0 Å². The monoisotopic (exact) mass is 191 g/mol. The molecule has 1 aromatic rings. The molecule has 1 aliphatic rings. The number of hydrogen-bond donors (Lipinski definition) is 1. The van der Waals surface area contributed by atoms with Crippen molar-refractivity contribution in [2.75, 3.05) is 25.1 Å². The highest BCUT2D eigenvalue weighted by atomic mass is 16.5. The molecule has 0 bridgehead atoms. The van der Waals surface area contributed by atoms with Crippen LogP contribution in [0.25, 0.3) is 0 Å². The van der Waals surface area contributed by atoms with Crippen molar-refractivity contribution in [2.24, 2.45) is 0 Å². The lowest BCUT2D eigenvalue weighted by Gasteiger charge is -2.14. The first-order chi connectivity index (χ1) is 6.95. The van der Waals surface area contributed by atoms with E-state index in [-0.39, 0.29) is 0 Å². The lowest BCUT2D eigenvalue weighted by Crippen LogP contribution is -2.14. The Morgan fingerprint density at radius 3 is 2.93 bits per heavy atom. The molecule has 1 aliphatic heterocycles.